The summed E-state index contributed by atoms with van der Waals surface area (Å²) in [6.45, 7) is 2.56. The Morgan fingerprint density at radius 1 is 1.26 bits per heavy atom. The monoisotopic (exact) mass is 443 g/mol. The third-order valence-electron chi connectivity index (χ3n) is 5.45. The first-order valence-corrected chi connectivity index (χ1v) is 10.4. The lowest BCUT2D eigenvalue weighted by Gasteiger charge is -2.31. The molecule has 0 unspecified atom stereocenters. The largest absolute Gasteiger partial charge is 0.496 e. The molecule has 0 aliphatic carbocycles. The van der Waals surface area contributed by atoms with Crippen molar-refractivity contribution in [1.82, 2.24) is 10.2 Å². The fraction of sp³-hybridized carbons (Fsp3) is 0.348. The van der Waals surface area contributed by atoms with Gasteiger partial charge in [-0.25, -0.2) is 4.39 Å². The molecule has 1 amide bonds. The number of Topliss-reactive ketones (excluding diaryl/α,β-unsaturated/α-hetero) is 1. The van der Waals surface area contributed by atoms with Gasteiger partial charge in [-0.1, -0.05) is 11.6 Å². The lowest BCUT2D eigenvalue weighted by molar-refractivity contribution is 0.0839. The summed E-state index contributed by atoms with van der Waals surface area (Å²) in [5.41, 5.74) is 1.01. The average Bonchev–Trinajstić information content (AvgIpc) is 2.79. The van der Waals surface area contributed by atoms with E-state index in [9.17, 15) is 14.0 Å². The number of halogens is 2. The zero-order valence-electron chi connectivity index (χ0n) is 17.2. The zero-order chi connectivity index (χ0) is 22.4. The number of piperidine rings is 1. The van der Waals surface area contributed by atoms with E-state index in [1.807, 2.05) is 6.07 Å². The molecule has 3 rings (SSSR count). The number of likely N-dealkylation sites (tertiary alicyclic amines) is 1. The summed E-state index contributed by atoms with van der Waals surface area (Å²) in [6.07, 6.45) is 1.45. The molecule has 2 aromatic carbocycles. The second-order valence-corrected chi connectivity index (χ2v) is 7.79. The quantitative estimate of drug-likeness (QED) is 0.660. The Morgan fingerprint density at radius 3 is 2.55 bits per heavy atom. The molecule has 0 spiro atoms. The van der Waals surface area contributed by atoms with Crippen LogP contribution in [0.3, 0.4) is 0 Å². The number of methoxy groups -OCH3 is 1. The van der Waals surface area contributed by atoms with E-state index >= 15 is 0 Å². The number of nitrogens with zero attached hydrogens (tertiary/aromatic N) is 2. The number of rotatable bonds is 7. The normalized spacial score (nSPS) is 14.6. The van der Waals surface area contributed by atoms with Crippen LogP contribution in [0.15, 0.2) is 36.4 Å². The van der Waals surface area contributed by atoms with Crippen LogP contribution in [0.2, 0.25) is 5.02 Å². The first kappa shape index (κ1) is 22.7. The molecule has 31 heavy (non-hydrogen) atoms. The fourth-order valence-electron chi connectivity index (χ4n) is 3.68. The van der Waals surface area contributed by atoms with Crippen molar-refractivity contribution in [3.05, 3.63) is 63.9 Å². The fourth-order valence-corrected chi connectivity index (χ4v) is 3.87. The van der Waals surface area contributed by atoms with Crippen molar-refractivity contribution < 1.29 is 18.7 Å². The van der Waals surface area contributed by atoms with E-state index in [0.717, 1.165) is 25.9 Å². The predicted molar refractivity (Wildman–Crippen MR) is 115 cm³/mol. The summed E-state index contributed by atoms with van der Waals surface area (Å²) >= 11 is 5.99. The summed E-state index contributed by atoms with van der Waals surface area (Å²) < 4.78 is 18.3. The van der Waals surface area contributed by atoms with Crippen LogP contribution >= 0.6 is 11.6 Å². The Hall–Kier alpha value is -2.95. The molecule has 0 aromatic heterocycles. The van der Waals surface area contributed by atoms with Gasteiger partial charge in [0.05, 0.1) is 23.3 Å². The second kappa shape index (κ2) is 10.4. The SMILES string of the molecule is COc1cc(Cl)c(C#N)cc1C(=O)NCCN1CCC(C(=O)c2ccc(F)cc2)CC1. The number of carbonyl (C=O) groups is 2. The molecule has 1 heterocycles. The highest BCUT2D eigenvalue weighted by Crippen LogP contribution is 2.27. The summed E-state index contributed by atoms with van der Waals surface area (Å²) in [4.78, 5) is 27.3. The maximum absolute atomic E-state index is 13.1. The van der Waals surface area contributed by atoms with Gasteiger partial charge in [0.1, 0.15) is 17.6 Å². The third kappa shape index (κ3) is 5.60. The minimum absolute atomic E-state index is 0.0519. The molecule has 1 aliphatic heterocycles. The van der Waals surface area contributed by atoms with Crippen LogP contribution in [0.1, 0.15) is 39.1 Å². The highest BCUT2D eigenvalue weighted by molar-refractivity contribution is 6.32. The third-order valence-corrected chi connectivity index (χ3v) is 5.77. The van der Waals surface area contributed by atoms with Gasteiger partial charge in [-0.2, -0.15) is 5.26 Å². The van der Waals surface area contributed by atoms with E-state index in [1.165, 1.54) is 43.5 Å². The molecule has 6 nitrogen and oxygen atoms in total. The van der Waals surface area contributed by atoms with Gasteiger partial charge < -0.3 is 15.0 Å². The second-order valence-electron chi connectivity index (χ2n) is 7.39. The predicted octanol–water partition coefficient (Wildman–Crippen LogP) is 3.68. The number of carbonyl (C=O) groups excluding carboxylic acids is 2. The summed E-state index contributed by atoms with van der Waals surface area (Å²) in [7, 11) is 1.44. The Balaban J connectivity index is 1.48. The molecule has 1 N–H and O–H groups in total. The van der Waals surface area contributed by atoms with Crippen molar-refractivity contribution in [2.75, 3.05) is 33.3 Å². The summed E-state index contributed by atoms with van der Waals surface area (Å²) in [5, 5.41) is 12.2. The van der Waals surface area contributed by atoms with Crippen molar-refractivity contribution in [3.63, 3.8) is 0 Å². The number of benzene rings is 2. The van der Waals surface area contributed by atoms with Crippen LogP contribution < -0.4 is 10.1 Å². The number of hydrogen-bond donors (Lipinski definition) is 1. The minimum atomic E-state index is -0.353. The maximum atomic E-state index is 13.1. The molecule has 0 radical (unpaired) electrons. The molecular weight excluding hydrogens is 421 g/mol. The van der Waals surface area contributed by atoms with Gasteiger partial charge in [-0.3, -0.25) is 9.59 Å². The molecule has 0 saturated carbocycles. The molecule has 8 heteroatoms. The van der Waals surface area contributed by atoms with Crippen LogP contribution in [-0.2, 0) is 0 Å². The van der Waals surface area contributed by atoms with E-state index in [1.54, 1.807) is 0 Å². The lowest BCUT2D eigenvalue weighted by atomic mass is 9.89. The number of hydrogen-bond acceptors (Lipinski definition) is 5. The Kier molecular flexibility index (Phi) is 7.61. The Morgan fingerprint density at radius 2 is 1.94 bits per heavy atom. The van der Waals surface area contributed by atoms with Crippen molar-refractivity contribution in [3.8, 4) is 11.8 Å². The number of nitriles is 1. The van der Waals surface area contributed by atoms with Crippen LogP contribution in [0.5, 0.6) is 5.75 Å². The van der Waals surface area contributed by atoms with Crippen LogP contribution in [0.25, 0.3) is 0 Å². The topological polar surface area (TPSA) is 82.4 Å². The molecular formula is C23H23ClFN3O3. The van der Waals surface area contributed by atoms with Gasteiger partial charge >= 0.3 is 0 Å². The highest BCUT2D eigenvalue weighted by Gasteiger charge is 2.26. The number of amides is 1. The summed E-state index contributed by atoms with van der Waals surface area (Å²) in [6, 6.07) is 10.5. The van der Waals surface area contributed by atoms with Gasteiger partial charge in [-0.15, -0.1) is 0 Å². The number of ketones is 1. The molecule has 0 atom stereocenters. The van der Waals surface area contributed by atoms with Gasteiger partial charge in [-0.05, 0) is 56.3 Å². The van der Waals surface area contributed by atoms with E-state index in [-0.39, 0.29) is 39.6 Å². The Bertz CT molecular complexity index is 996. The van der Waals surface area contributed by atoms with Crippen molar-refractivity contribution >= 4 is 23.3 Å². The van der Waals surface area contributed by atoms with E-state index < -0.39 is 0 Å². The lowest BCUT2D eigenvalue weighted by Crippen LogP contribution is -2.41. The first-order chi connectivity index (χ1) is 14.9. The number of ether oxygens (including phenoxy) is 1. The van der Waals surface area contributed by atoms with Crippen LogP contribution in [0, 0.1) is 23.1 Å². The van der Waals surface area contributed by atoms with Gasteiger partial charge in [0, 0.05) is 30.6 Å². The number of nitrogens with one attached hydrogen (secondary N) is 1. The van der Waals surface area contributed by atoms with E-state index in [0.29, 0.717) is 24.4 Å². The molecule has 0 bridgehead atoms. The van der Waals surface area contributed by atoms with E-state index in [2.05, 4.69) is 10.2 Å². The van der Waals surface area contributed by atoms with E-state index in [4.69, 9.17) is 21.6 Å². The zero-order valence-corrected chi connectivity index (χ0v) is 17.9. The molecule has 2 aromatic rings. The smallest absolute Gasteiger partial charge is 0.255 e. The van der Waals surface area contributed by atoms with Crippen LogP contribution in [-0.4, -0.2) is 49.9 Å². The van der Waals surface area contributed by atoms with Crippen molar-refractivity contribution in [2.45, 2.75) is 12.8 Å². The molecule has 1 aliphatic rings. The molecule has 1 saturated heterocycles. The summed E-state index contributed by atoms with van der Waals surface area (Å²) in [5.74, 6) is -0.406. The average molecular weight is 444 g/mol. The highest BCUT2D eigenvalue weighted by atomic mass is 35.5. The van der Waals surface area contributed by atoms with Crippen molar-refractivity contribution in [2.24, 2.45) is 5.92 Å². The van der Waals surface area contributed by atoms with Crippen molar-refractivity contribution in [1.29, 1.82) is 5.26 Å². The van der Waals surface area contributed by atoms with Crippen LogP contribution in [0.4, 0.5) is 4.39 Å². The molecule has 162 valence electrons. The molecule has 1 fully saturated rings. The first-order valence-electron chi connectivity index (χ1n) is 10.0. The van der Waals surface area contributed by atoms with Gasteiger partial charge in [0.2, 0.25) is 0 Å². The minimum Gasteiger partial charge on any atom is -0.496 e. The Labute approximate surface area is 185 Å². The standard InChI is InChI=1S/C23H23ClFN3O3/c1-31-21-13-20(24)17(14-26)12-19(21)23(30)27-8-11-28-9-6-16(7-10-28)22(29)15-2-4-18(25)5-3-15/h2-5,12-13,16H,6-11H2,1H3,(H,27,30). The maximum Gasteiger partial charge on any atom is 0.255 e. The van der Waals surface area contributed by atoms with Gasteiger partial charge in [0.15, 0.2) is 5.78 Å². The van der Waals surface area contributed by atoms with Gasteiger partial charge in [0.25, 0.3) is 5.91 Å².